The summed E-state index contributed by atoms with van der Waals surface area (Å²) < 4.78 is 0. The normalized spacial score (nSPS) is 18.7. The third-order valence-electron chi connectivity index (χ3n) is 6.26. The number of piperazine rings is 1. The highest BCUT2D eigenvalue weighted by molar-refractivity contribution is 5.75. The van der Waals surface area contributed by atoms with E-state index in [1.54, 1.807) is 0 Å². The van der Waals surface area contributed by atoms with E-state index >= 15 is 0 Å². The summed E-state index contributed by atoms with van der Waals surface area (Å²) in [6, 6.07) is 16.8. The van der Waals surface area contributed by atoms with Crippen LogP contribution < -0.4 is 10.2 Å². The van der Waals surface area contributed by atoms with Crippen LogP contribution in [0.3, 0.4) is 0 Å². The van der Waals surface area contributed by atoms with Gasteiger partial charge >= 0.3 is 6.03 Å². The van der Waals surface area contributed by atoms with Crippen molar-refractivity contribution < 1.29 is 4.79 Å². The first-order valence-corrected chi connectivity index (χ1v) is 11.5. The quantitative estimate of drug-likeness (QED) is 0.657. The van der Waals surface area contributed by atoms with E-state index in [2.05, 4.69) is 80.2 Å². The van der Waals surface area contributed by atoms with Gasteiger partial charge < -0.3 is 15.1 Å². The van der Waals surface area contributed by atoms with Crippen molar-refractivity contribution in [1.29, 1.82) is 0 Å². The van der Waals surface area contributed by atoms with Gasteiger partial charge in [0.05, 0.1) is 11.6 Å². The third-order valence-corrected chi connectivity index (χ3v) is 6.26. The minimum atomic E-state index is -0.331. The summed E-state index contributed by atoms with van der Waals surface area (Å²) in [4.78, 5) is 22.2. The van der Waals surface area contributed by atoms with Crippen LogP contribution in [0.4, 0.5) is 10.6 Å². The molecule has 168 valence electrons. The molecular formula is C26H38N4O. The summed E-state index contributed by atoms with van der Waals surface area (Å²) in [5, 5.41) is 3.17. The number of anilines is 1. The molecule has 2 amide bonds. The van der Waals surface area contributed by atoms with E-state index in [1.807, 2.05) is 29.3 Å². The lowest BCUT2D eigenvalue weighted by molar-refractivity contribution is 0.0502. The molecule has 0 aliphatic carbocycles. The van der Waals surface area contributed by atoms with Gasteiger partial charge in [-0.1, -0.05) is 57.2 Å². The Kier molecular flexibility index (Phi) is 7.24. The minimum absolute atomic E-state index is 0.0182. The van der Waals surface area contributed by atoms with Crippen LogP contribution in [-0.2, 0) is 6.42 Å². The number of hydrogen-bond donors (Lipinski definition) is 1. The molecule has 1 fully saturated rings. The number of pyridine rings is 1. The maximum absolute atomic E-state index is 13.1. The number of rotatable bonds is 6. The average molecular weight is 423 g/mol. The van der Waals surface area contributed by atoms with Gasteiger partial charge in [0.2, 0.25) is 0 Å². The predicted molar refractivity (Wildman–Crippen MR) is 128 cm³/mol. The topological polar surface area (TPSA) is 48.5 Å². The average Bonchev–Trinajstić information content (AvgIpc) is 2.73. The Bertz CT molecular complexity index is 829. The maximum atomic E-state index is 13.1. The highest BCUT2D eigenvalue weighted by atomic mass is 16.2. The summed E-state index contributed by atoms with van der Waals surface area (Å²) in [5.41, 5.74) is 1.01. The van der Waals surface area contributed by atoms with Crippen molar-refractivity contribution in [2.45, 2.75) is 65.5 Å². The molecule has 3 rings (SSSR count). The van der Waals surface area contributed by atoms with Crippen molar-refractivity contribution in [2.75, 3.05) is 24.5 Å². The highest BCUT2D eigenvalue weighted by Gasteiger charge is 2.50. The molecule has 0 radical (unpaired) electrons. The molecular weight excluding hydrogens is 384 g/mol. The number of amides is 2. The van der Waals surface area contributed by atoms with Gasteiger partial charge in [-0.2, -0.15) is 0 Å². The third kappa shape index (κ3) is 5.57. The second kappa shape index (κ2) is 9.71. The zero-order valence-electron chi connectivity index (χ0n) is 19.8. The van der Waals surface area contributed by atoms with Crippen LogP contribution in [0.1, 0.15) is 53.0 Å². The molecule has 2 aromatic rings. The van der Waals surface area contributed by atoms with Gasteiger partial charge in [-0.15, -0.1) is 0 Å². The van der Waals surface area contributed by atoms with Crippen LogP contribution in [0.15, 0.2) is 54.7 Å². The highest BCUT2D eigenvalue weighted by Crippen LogP contribution is 2.40. The summed E-state index contributed by atoms with van der Waals surface area (Å²) in [6.45, 7) is 13.3. The van der Waals surface area contributed by atoms with Gasteiger partial charge in [-0.05, 0) is 56.2 Å². The number of hydrogen-bond acceptors (Lipinski definition) is 3. The fourth-order valence-electron chi connectivity index (χ4n) is 5.20. The molecule has 1 aromatic heterocycles. The van der Waals surface area contributed by atoms with E-state index in [0.717, 1.165) is 31.6 Å². The van der Waals surface area contributed by atoms with Gasteiger partial charge in [0.15, 0.2) is 0 Å². The number of aromatic nitrogens is 1. The van der Waals surface area contributed by atoms with Gasteiger partial charge in [-0.3, -0.25) is 0 Å². The Morgan fingerprint density at radius 2 is 1.77 bits per heavy atom. The Morgan fingerprint density at radius 1 is 1.06 bits per heavy atom. The van der Waals surface area contributed by atoms with Crippen LogP contribution in [-0.4, -0.2) is 47.1 Å². The largest absolute Gasteiger partial charge is 0.349 e. The zero-order chi connectivity index (χ0) is 22.5. The van der Waals surface area contributed by atoms with Crippen molar-refractivity contribution in [3.63, 3.8) is 0 Å². The van der Waals surface area contributed by atoms with Crippen molar-refractivity contribution in [1.82, 2.24) is 15.2 Å². The van der Waals surface area contributed by atoms with Crippen LogP contribution in [0.2, 0.25) is 0 Å². The summed E-state index contributed by atoms with van der Waals surface area (Å²) >= 11 is 0. The van der Waals surface area contributed by atoms with Crippen LogP contribution in [0.5, 0.6) is 0 Å². The Morgan fingerprint density at radius 3 is 2.42 bits per heavy atom. The van der Waals surface area contributed by atoms with Gasteiger partial charge in [-0.25, -0.2) is 9.78 Å². The lowest BCUT2D eigenvalue weighted by atomic mass is 9.72. The first kappa shape index (κ1) is 23.1. The molecule has 1 aromatic carbocycles. The monoisotopic (exact) mass is 422 g/mol. The first-order chi connectivity index (χ1) is 14.7. The Balaban J connectivity index is 1.61. The molecule has 0 saturated carbocycles. The molecule has 5 heteroatoms. The molecule has 2 heterocycles. The lowest BCUT2D eigenvalue weighted by Gasteiger charge is -2.57. The molecule has 1 aliphatic rings. The Hall–Kier alpha value is -2.56. The predicted octanol–water partition coefficient (Wildman–Crippen LogP) is 5.13. The molecule has 0 spiro atoms. The fourth-order valence-corrected chi connectivity index (χ4v) is 5.20. The molecule has 1 aliphatic heterocycles. The summed E-state index contributed by atoms with van der Waals surface area (Å²) in [6.07, 6.45) is 4.96. The standard InChI is InChI=1S/C26H38N4O/c1-25(2,3)23-26(4,5)30(20-19-29(23)22-16-10-12-17-27-22)24(31)28-18-11-9-15-21-13-7-6-8-14-21/h6-8,10,12-14,16-17,23H,9,11,15,18-20H2,1-5H3,(H,28,31). The Labute approximate surface area is 187 Å². The van der Waals surface area contributed by atoms with Gasteiger partial charge in [0, 0.05) is 25.8 Å². The molecule has 31 heavy (non-hydrogen) atoms. The molecule has 0 bridgehead atoms. The van der Waals surface area contributed by atoms with E-state index in [1.165, 1.54) is 5.56 Å². The number of benzene rings is 1. The number of unbranched alkanes of at least 4 members (excludes halogenated alkanes) is 1. The maximum Gasteiger partial charge on any atom is 0.317 e. The van der Waals surface area contributed by atoms with E-state index in [4.69, 9.17) is 0 Å². The number of nitrogens with one attached hydrogen (secondary N) is 1. The van der Waals surface area contributed by atoms with Crippen molar-refractivity contribution in [3.05, 3.63) is 60.3 Å². The SMILES string of the molecule is CC(C)(C)C1N(c2ccccn2)CCN(C(=O)NCCCCc2ccccc2)C1(C)C. The first-order valence-electron chi connectivity index (χ1n) is 11.5. The number of aryl methyl sites for hydroxylation is 1. The van der Waals surface area contributed by atoms with Crippen molar-refractivity contribution in [3.8, 4) is 0 Å². The summed E-state index contributed by atoms with van der Waals surface area (Å²) in [5.74, 6) is 0.983. The molecule has 1 saturated heterocycles. The molecule has 1 unspecified atom stereocenters. The number of nitrogens with zero attached hydrogens (tertiary/aromatic N) is 3. The van der Waals surface area contributed by atoms with E-state index in [-0.39, 0.29) is 23.0 Å². The van der Waals surface area contributed by atoms with E-state index in [9.17, 15) is 4.79 Å². The molecule has 1 atom stereocenters. The second-order valence-electron chi connectivity index (χ2n) is 10.1. The van der Waals surface area contributed by atoms with E-state index in [0.29, 0.717) is 13.1 Å². The van der Waals surface area contributed by atoms with Crippen molar-refractivity contribution >= 4 is 11.8 Å². The molecule has 1 N–H and O–H groups in total. The lowest BCUT2D eigenvalue weighted by Crippen LogP contribution is -2.71. The van der Waals surface area contributed by atoms with Crippen LogP contribution in [0, 0.1) is 5.41 Å². The number of carbonyl (C=O) groups is 1. The van der Waals surface area contributed by atoms with Gasteiger partial charge in [0.25, 0.3) is 0 Å². The van der Waals surface area contributed by atoms with E-state index < -0.39 is 0 Å². The van der Waals surface area contributed by atoms with Crippen LogP contribution in [0.25, 0.3) is 0 Å². The summed E-state index contributed by atoms with van der Waals surface area (Å²) in [7, 11) is 0. The van der Waals surface area contributed by atoms with Gasteiger partial charge in [0.1, 0.15) is 5.82 Å². The van der Waals surface area contributed by atoms with Crippen LogP contribution >= 0.6 is 0 Å². The van der Waals surface area contributed by atoms with Crippen molar-refractivity contribution in [2.24, 2.45) is 5.41 Å². The fraction of sp³-hybridized carbons (Fsp3) is 0.538. The smallest absolute Gasteiger partial charge is 0.317 e. The zero-order valence-corrected chi connectivity index (χ0v) is 19.8. The number of urea groups is 1. The molecule has 5 nitrogen and oxygen atoms in total. The second-order valence-corrected chi connectivity index (χ2v) is 10.1. The number of carbonyl (C=O) groups excluding carboxylic acids is 1. The minimum Gasteiger partial charge on any atom is -0.349 e.